The molecule has 2 aromatic carbocycles. The van der Waals surface area contributed by atoms with Crippen LogP contribution in [0.1, 0.15) is 22.8 Å². The largest absolute Gasteiger partial charge is 0.352 e. The van der Waals surface area contributed by atoms with Gasteiger partial charge in [-0.25, -0.2) is 0 Å². The summed E-state index contributed by atoms with van der Waals surface area (Å²) in [6.07, 6.45) is 0.602. The lowest BCUT2D eigenvalue weighted by Crippen LogP contribution is -2.25. The van der Waals surface area contributed by atoms with Crippen molar-refractivity contribution in [2.24, 2.45) is 0 Å². The van der Waals surface area contributed by atoms with Gasteiger partial charge in [0, 0.05) is 12.1 Å². The molecule has 0 radical (unpaired) electrons. The van der Waals surface area contributed by atoms with Crippen LogP contribution in [0.2, 0.25) is 0 Å². The Morgan fingerprint density at radius 1 is 1.12 bits per heavy atom. The third-order valence-electron chi connectivity index (χ3n) is 2.27. The van der Waals surface area contributed by atoms with E-state index in [1.54, 1.807) is 0 Å². The van der Waals surface area contributed by atoms with Crippen LogP contribution in [0.3, 0.4) is 0 Å². The first kappa shape index (κ1) is 6.60. The van der Waals surface area contributed by atoms with E-state index >= 15 is 0 Å². The fourth-order valence-electron chi connectivity index (χ4n) is 1.42. The van der Waals surface area contributed by atoms with Crippen LogP contribution in [0.5, 0.6) is 0 Å². The SMILES string of the molecule is [2H]c1c([2H])c([2H])c(C(=O)NCCc2ccccc2)c([2H])c1[2H]. The van der Waals surface area contributed by atoms with Crippen LogP contribution >= 0.6 is 0 Å². The normalized spacial score (nSPS) is 14.0. The van der Waals surface area contributed by atoms with Crippen molar-refractivity contribution in [2.75, 3.05) is 6.54 Å². The topological polar surface area (TPSA) is 29.1 Å². The summed E-state index contributed by atoms with van der Waals surface area (Å²) in [5.74, 6) is -0.659. The van der Waals surface area contributed by atoms with Gasteiger partial charge in [0.2, 0.25) is 0 Å². The van der Waals surface area contributed by atoms with E-state index in [0.29, 0.717) is 13.0 Å². The van der Waals surface area contributed by atoms with Gasteiger partial charge in [-0.3, -0.25) is 4.79 Å². The Bertz CT molecular complexity index is 674. The Kier molecular flexibility index (Phi) is 2.27. The van der Waals surface area contributed by atoms with E-state index < -0.39 is 36.1 Å². The molecule has 17 heavy (non-hydrogen) atoms. The highest BCUT2D eigenvalue weighted by molar-refractivity contribution is 5.94. The molecule has 0 aliphatic heterocycles. The summed E-state index contributed by atoms with van der Waals surface area (Å²) in [6, 6.07) is 7.06. The monoisotopic (exact) mass is 230 g/mol. The van der Waals surface area contributed by atoms with Crippen LogP contribution in [0, 0.1) is 0 Å². The van der Waals surface area contributed by atoms with Gasteiger partial charge in [-0.05, 0) is 24.1 Å². The molecule has 0 bridgehead atoms. The van der Waals surface area contributed by atoms with Gasteiger partial charge in [-0.2, -0.15) is 0 Å². The maximum absolute atomic E-state index is 12.1. The third kappa shape index (κ3) is 3.45. The van der Waals surface area contributed by atoms with E-state index in [2.05, 4.69) is 5.32 Å². The Morgan fingerprint density at radius 2 is 1.82 bits per heavy atom. The minimum atomic E-state index is -0.659. The van der Waals surface area contributed by atoms with Crippen molar-refractivity contribution in [2.45, 2.75) is 6.42 Å². The van der Waals surface area contributed by atoms with Gasteiger partial charge in [0.15, 0.2) is 0 Å². The standard InChI is InChI=1S/C15H15NO/c17-15(14-9-5-2-6-10-14)16-12-11-13-7-3-1-4-8-13/h1-10H,11-12H2,(H,16,17)/i2D,5D,6D,9D,10D. The predicted octanol–water partition coefficient (Wildman–Crippen LogP) is 2.66. The summed E-state index contributed by atoms with van der Waals surface area (Å²) in [6.45, 7) is 0.324. The van der Waals surface area contributed by atoms with Crippen molar-refractivity contribution in [1.29, 1.82) is 0 Å². The van der Waals surface area contributed by atoms with Crippen LogP contribution < -0.4 is 5.32 Å². The maximum atomic E-state index is 12.1. The second kappa shape index (κ2) is 5.85. The third-order valence-corrected chi connectivity index (χ3v) is 2.27. The summed E-state index contributed by atoms with van der Waals surface area (Å²) in [4.78, 5) is 12.1. The fraction of sp³-hybridized carbons (Fsp3) is 0.133. The molecule has 0 saturated carbocycles. The molecule has 0 aromatic heterocycles. The Hall–Kier alpha value is -2.09. The molecule has 0 saturated heterocycles. The zero-order valence-electron chi connectivity index (χ0n) is 14.2. The highest BCUT2D eigenvalue weighted by Gasteiger charge is 2.02. The molecule has 0 aliphatic carbocycles. The number of benzene rings is 2. The molecule has 0 heterocycles. The van der Waals surface area contributed by atoms with Gasteiger partial charge >= 0.3 is 0 Å². The average molecular weight is 230 g/mol. The van der Waals surface area contributed by atoms with Crippen molar-refractivity contribution in [3.63, 3.8) is 0 Å². The summed E-state index contributed by atoms with van der Waals surface area (Å²) < 4.78 is 38.1. The summed E-state index contributed by atoms with van der Waals surface area (Å²) in [5.41, 5.74) is 0.725. The summed E-state index contributed by atoms with van der Waals surface area (Å²) in [5, 5.41) is 2.60. The highest BCUT2D eigenvalue weighted by Crippen LogP contribution is 2.00. The first-order valence-corrected chi connectivity index (χ1v) is 5.32. The van der Waals surface area contributed by atoms with Crippen molar-refractivity contribution in [1.82, 2.24) is 5.32 Å². The molecule has 2 rings (SSSR count). The molecule has 2 nitrogen and oxygen atoms in total. The van der Waals surface area contributed by atoms with Gasteiger partial charge in [0.05, 0.1) is 6.85 Å². The minimum Gasteiger partial charge on any atom is -0.352 e. The summed E-state index contributed by atoms with van der Waals surface area (Å²) in [7, 11) is 0. The van der Waals surface area contributed by atoms with Gasteiger partial charge in [-0.15, -0.1) is 0 Å². The second-order valence-corrected chi connectivity index (χ2v) is 3.49. The number of hydrogen-bond donors (Lipinski definition) is 1. The zero-order valence-corrected chi connectivity index (χ0v) is 9.21. The first-order chi connectivity index (χ1) is 10.4. The molecule has 0 spiro atoms. The Labute approximate surface area is 108 Å². The van der Waals surface area contributed by atoms with Crippen LogP contribution in [0.25, 0.3) is 0 Å². The van der Waals surface area contributed by atoms with Crippen molar-refractivity contribution < 1.29 is 11.6 Å². The molecular weight excluding hydrogens is 210 g/mol. The molecule has 0 unspecified atom stereocenters. The quantitative estimate of drug-likeness (QED) is 0.859. The van der Waals surface area contributed by atoms with E-state index in [4.69, 9.17) is 6.85 Å². The van der Waals surface area contributed by atoms with Gasteiger partial charge < -0.3 is 5.32 Å². The predicted molar refractivity (Wildman–Crippen MR) is 68.9 cm³/mol. The van der Waals surface area contributed by atoms with Crippen LogP contribution in [-0.2, 0) is 6.42 Å². The van der Waals surface area contributed by atoms with E-state index in [9.17, 15) is 4.79 Å². The number of carbonyl (C=O) groups excluding carboxylic acids is 1. The Balaban J connectivity index is 2.13. The lowest BCUT2D eigenvalue weighted by atomic mass is 10.1. The van der Waals surface area contributed by atoms with Gasteiger partial charge in [-0.1, -0.05) is 48.5 Å². The zero-order chi connectivity index (χ0) is 16.3. The second-order valence-electron chi connectivity index (χ2n) is 3.49. The van der Waals surface area contributed by atoms with E-state index in [1.807, 2.05) is 30.3 Å². The number of carbonyl (C=O) groups is 1. The molecule has 2 heteroatoms. The molecule has 86 valence electrons. The van der Waals surface area contributed by atoms with Crippen molar-refractivity contribution in [3.8, 4) is 0 Å². The van der Waals surface area contributed by atoms with E-state index in [-0.39, 0.29) is 5.56 Å². The molecule has 1 amide bonds. The van der Waals surface area contributed by atoms with Crippen LogP contribution in [0.4, 0.5) is 0 Å². The molecular formula is C15H15NO. The molecule has 0 aliphatic rings. The summed E-state index contributed by atoms with van der Waals surface area (Å²) >= 11 is 0. The van der Waals surface area contributed by atoms with Crippen molar-refractivity contribution >= 4 is 5.91 Å². The fourth-order valence-corrected chi connectivity index (χ4v) is 1.42. The molecule has 2 aromatic rings. The highest BCUT2D eigenvalue weighted by atomic mass is 16.1. The van der Waals surface area contributed by atoms with Crippen molar-refractivity contribution in [3.05, 3.63) is 71.7 Å². The molecule has 0 atom stereocenters. The lowest BCUT2D eigenvalue weighted by Gasteiger charge is -2.05. The van der Waals surface area contributed by atoms with E-state index in [1.165, 1.54) is 0 Å². The Morgan fingerprint density at radius 3 is 2.53 bits per heavy atom. The van der Waals surface area contributed by atoms with Crippen LogP contribution in [0.15, 0.2) is 60.5 Å². The van der Waals surface area contributed by atoms with Gasteiger partial charge in [0.25, 0.3) is 5.91 Å². The molecule has 0 fully saturated rings. The maximum Gasteiger partial charge on any atom is 0.251 e. The first-order valence-electron chi connectivity index (χ1n) is 7.82. The average Bonchev–Trinajstić information content (AvgIpc) is 2.52. The smallest absolute Gasteiger partial charge is 0.251 e. The lowest BCUT2D eigenvalue weighted by molar-refractivity contribution is 0.0954. The molecule has 1 N–H and O–H groups in total. The van der Waals surface area contributed by atoms with Gasteiger partial charge in [0.1, 0.15) is 0 Å². The van der Waals surface area contributed by atoms with E-state index in [0.717, 1.165) is 5.56 Å². The number of amides is 1. The number of rotatable bonds is 4. The number of nitrogens with one attached hydrogen (secondary N) is 1. The van der Waals surface area contributed by atoms with Crippen LogP contribution in [-0.4, -0.2) is 12.5 Å². The number of hydrogen-bond acceptors (Lipinski definition) is 1. The minimum absolute atomic E-state index is 0.320.